The van der Waals surface area contributed by atoms with Gasteiger partial charge in [0.1, 0.15) is 17.5 Å². The van der Waals surface area contributed by atoms with Crippen molar-refractivity contribution < 1.29 is 9.84 Å². The number of aromatic nitrogens is 2. The molecule has 0 aliphatic heterocycles. The van der Waals surface area contributed by atoms with Gasteiger partial charge in [-0.15, -0.1) is 11.8 Å². The first-order valence-corrected chi connectivity index (χ1v) is 7.54. The van der Waals surface area contributed by atoms with Crippen LogP contribution in [0.5, 0.6) is 0 Å². The highest BCUT2D eigenvalue weighted by atomic mass is 32.2. The van der Waals surface area contributed by atoms with Crippen LogP contribution in [0.2, 0.25) is 0 Å². The molecule has 0 bridgehead atoms. The number of nitrogens with zero attached hydrogens (tertiary/aromatic N) is 2. The Morgan fingerprint density at radius 1 is 1.42 bits per heavy atom. The van der Waals surface area contributed by atoms with Crippen LogP contribution >= 0.6 is 11.8 Å². The normalized spacial score (nSPS) is 12.4. The zero-order valence-electron chi connectivity index (χ0n) is 11.8. The van der Waals surface area contributed by atoms with Crippen molar-refractivity contribution in [1.82, 2.24) is 9.97 Å². The lowest BCUT2D eigenvalue weighted by Crippen LogP contribution is -2.07. The molecule has 1 unspecified atom stereocenters. The second-order valence-electron chi connectivity index (χ2n) is 4.12. The highest BCUT2D eigenvalue weighted by Crippen LogP contribution is 2.25. The summed E-state index contributed by atoms with van der Waals surface area (Å²) >= 11 is 1.65. The number of anilines is 1. The van der Waals surface area contributed by atoms with Crippen molar-refractivity contribution in [3.05, 3.63) is 11.9 Å². The fraction of sp³-hybridized carbons (Fsp3) is 0.692. The van der Waals surface area contributed by atoms with E-state index in [-0.39, 0.29) is 6.61 Å². The summed E-state index contributed by atoms with van der Waals surface area (Å²) in [6, 6.07) is 1.94. The molecule has 1 aromatic rings. The van der Waals surface area contributed by atoms with Gasteiger partial charge in [-0.05, 0) is 20.3 Å². The Morgan fingerprint density at radius 2 is 2.21 bits per heavy atom. The smallest absolute Gasteiger partial charge is 0.157 e. The molecule has 0 aromatic carbocycles. The molecule has 5 nitrogen and oxygen atoms in total. The third-order valence-corrected chi connectivity index (χ3v) is 3.49. The summed E-state index contributed by atoms with van der Waals surface area (Å²) in [5.41, 5.74) is 0. The van der Waals surface area contributed by atoms with Crippen LogP contribution < -0.4 is 5.32 Å². The summed E-state index contributed by atoms with van der Waals surface area (Å²) in [5, 5.41) is 13.4. The zero-order valence-corrected chi connectivity index (χ0v) is 12.7. The minimum Gasteiger partial charge on any atom is -0.396 e. The maximum absolute atomic E-state index is 8.95. The highest BCUT2D eigenvalue weighted by molar-refractivity contribution is 7.99. The second-order valence-corrected chi connectivity index (χ2v) is 5.57. The number of rotatable bonds is 9. The van der Waals surface area contributed by atoms with Gasteiger partial charge in [0.15, 0.2) is 5.82 Å². The van der Waals surface area contributed by atoms with Crippen molar-refractivity contribution in [3.63, 3.8) is 0 Å². The number of aliphatic hydroxyl groups is 1. The van der Waals surface area contributed by atoms with E-state index >= 15 is 0 Å². The van der Waals surface area contributed by atoms with Crippen LogP contribution in [0.25, 0.3) is 0 Å². The maximum atomic E-state index is 8.95. The fourth-order valence-electron chi connectivity index (χ4n) is 1.51. The molecule has 0 radical (unpaired) electrons. The molecule has 0 saturated carbocycles. The van der Waals surface area contributed by atoms with E-state index < -0.39 is 0 Å². The molecule has 6 heteroatoms. The maximum Gasteiger partial charge on any atom is 0.157 e. The standard InChI is InChI=1S/C13H23N3O2S/c1-4-14-11-8-13(19-10(3)6-7-17)16-12(15-11)9-18-5-2/h8,10,17H,4-7,9H2,1-3H3,(H,14,15,16). The first-order valence-electron chi connectivity index (χ1n) is 6.66. The van der Waals surface area contributed by atoms with Gasteiger partial charge in [0.05, 0.1) is 0 Å². The second kappa shape index (κ2) is 9.12. The molecule has 1 rings (SSSR count). The Kier molecular flexibility index (Phi) is 7.78. The minimum atomic E-state index is 0.200. The number of hydrogen-bond donors (Lipinski definition) is 2. The third-order valence-electron chi connectivity index (χ3n) is 2.40. The number of hydrogen-bond acceptors (Lipinski definition) is 6. The molecule has 0 spiro atoms. The fourth-order valence-corrected chi connectivity index (χ4v) is 2.48. The topological polar surface area (TPSA) is 67.3 Å². The van der Waals surface area contributed by atoms with Crippen LogP contribution in [-0.2, 0) is 11.3 Å². The molecule has 19 heavy (non-hydrogen) atoms. The predicted octanol–water partition coefficient (Wildman–Crippen LogP) is 2.31. The first kappa shape index (κ1) is 16.2. The van der Waals surface area contributed by atoms with Gasteiger partial charge >= 0.3 is 0 Å². The van der Waals surface area contributed by atoms with Gasteiger partial charge in [0, 0.05) is 31.1 Å². The van der Waals surface area contributed by atoms with Crippen LogP contribution in [0.3, 0.4) is 0 Å². The van der Waals surface area contributed by atoms with E-state index in [9.17, 15) is 0 Å². The highest BCUT2D eigenvalue weighted by Gasteiger charge is 2.09. The van der Waals surface area contributed by atoms with Crippen molar-refractivity contribution in [2.45, 2.75) is 44.1 Å². The Labute approximate surface area is 119 Å². The van der Waals surface area contributed by atoms with Crippen molar-refractivity contribution >= 4 is 17.6 Å². The molecule has 1 atom stereocenters. The lowest BCUT2D eigenvalue weighted by molar-refractivity contribution is 0.128. The summed E-state index contributed by atoms with van der Waals surface area (Å²) < 4.78 is 5.36. The van der Waals surface area contributed by atoms with Crippen LogP contribution in [0.15, 0.2) is 11.1 Å². The summed E-state index contributed by atoms with van der Waals surface area (Å²) in [4.78, 5) is 8.88. The van der Waals surface area contributed by atoms with Crippen molar-refractivity contribution in [3.8, 4) is 0 Å². The molecule has 0 amide bonds. The Bertz CT molecular complexity index is 377. The van der Waals surface area contributed by atoms with Gasteiger partial charge in [-0.3, -0.25) is 0 Å². The van der Waals surface area contributed by atoms with E-state index in [1.807, 2.05) is 19.9 Å². The molecular formula is C13H23N3O2S. The average Bonchev–Trinajstić information content (AvgIpc) is 2.36. The van der Waals surface area contributed by atoms with Crippen LogP contribution in [0.1, 0.15) is 33.0 Å². The first-order chi connectivity index (χ1) is 9.19. The number of nitrogens with one attached hydrogen (secondary N) is 1. The number of ether oxygens (including phenoxy) is 1. The van der Waals surface area contributed by atoms with Crippen molar-refractivity contribution in [1.29, 1.82) is 0 Å². The van der Waals surface area contributed by atoms with Gasteiger partial charge in [0.2, 0.25) is 0 Å². The number of thioether (sulfide) groups is 1. The Morgan fingerprint density at radius 3 is 2.84 bits per heavy atom. The van der Waals surface area contributed by atoms with E-state index in [2.05, 4.69) is 22.2 Å². The molecule has 1 heterocycles. The Balaban J connectivity index is 2.79. The van der Waals surface area contributed by atoms with Crippen LogP contribution in [0.4, 0.5) is 5.82 Å². The molecule has 0 aliphatic rings. The summed E-state index contributed by atoms with van der Waals surface area (Å²) in [6.45, 7) is 8.17. The molecule has 0 fully saturated rings. The van der Waals surface area contributed by atoms with Gasteiger partial charge in [0.25, 0.3) is 0 Å². The SMILES string of the molecule is CCNc1cc(SC(C)CCO)nc(COCC)n1. The largest absolute Gasteiger partial charge is 0.396 e. The van der Waals surface area contributed by atoms with E-state index in [1.54, 1.807) is 11.8 Å². The third kappa shape index (κ3) is 6.22. The van der Waals surface area contributed by atoms with Crippen molar-refractivity contribution in [2.75, 3.05) is 25.1 Å². The van der Waals surface area contributed by atoms with Gasteiger partial charge in [-0.25, -0.2) is 9.97 Å². The minimum absolute atomic E-state index is 0.200. The van der Waals surface area contributed by atoms with Gasteiger partial charge in [-0.1, -0.05) is 6.92 Å². The summed E-state index contributed by atoms with van der Waals surface area (Å²) in [7, 11) is 0. The average molecular weight is 285 g/mol. The predicted molar refractivity (Wildman–Crippen MR) is 78.5 cm³/mol. The molecule has 0 aliphatic carbocycles. The molecular weight excluding hydrogens is 262 g/mol. The van der Waals surface area contributed by atoms with Crippen LogP contribution in [-0.4, -0.2) is 40.1 Å². The Hall–Kier alpha value is -0.850. The van der Waals surface area contributed by atoms with Gasteiger partial charge in [-0.2, -0.15) is 0 Å². The summed E-state index contributed by atoms with van der Waals surface area (Å²) in [6.07, 6.45) is 0.756. The molecule has 1 aromatic heterocycles. The van der Waals surface area contributed by atoms with Crippen molar-refractivity contribution in [2.24, 2.45) is 0 Å². The zero-order chi connectivity index (χ0) is 14.1. The number of aliphatic hydroxyl groups excluding tert-OH is 1. The van der Waals surface area contributed by atoms with Crippen LogP contribution in [0, 0.1) is 0 Å². The lowest BCUT2D eigenvalue weighted by Gasteiger charge is -2.12. The van der Waals surface area contributed by atoms with E-state index in [0.29, 0.717) is 24.3 Å². The van der Waals surface area contributed by atoms with E-state index in [4.69, 9.17) is 9.84 Å². The van der Waals surface area contributed by atoms with E-state index in [1.165, 1.54) is 0 Å². The van der Waals surface area contributed by atoms with Gasteiger partial charge < -0.3 is 15.2 Å². The lowest BCUT2D eigenvalue weighted by atomic mass is 10.3. The molecule has 108 valence electrons. The quantitative estimate of drug-likeness (QED) is 0.536. The molecule has 0 saturated heterocycles. The molecule has 2 N–H and O–H groups in total. The monoisotopic (exact) mass is 285 g/mol. The van der Waals surface area contributed by atoms with E-state index in [0.717, 1.165) is 23.8 Å². The summed E-state index contributed by atoms with van der Waals surface area (Å²) in [5.74, 6) is 1.52.